The number of fused-ring (bicyclic) bond motifs is 1. The van der Waals surface area contributed by atoms with Crippen LogP contribution in [0.3, 0.4) is 0 Å². The molecule has 186 valence electrons. The van der Waals surface area contributed by atoms with Gasteiger partial charge in [-0.15, -0.1) is 0 Å². The van der Waals surface area contributed by atoms with Crippen LogP contribution < -0.4 is 0 Å². The monoisotopic (exact) mass is 511 g/mol. The molecule has 0 saturated carbocycles. The topological polar surface area (TPSA) is 82.6 Å². The van der Waals surface area contributed by atoms with Crippen LogP contribution in [0.2, 0.25) is 10.0 Å². The summed E-state index contributed by atoms with van der Waals surface area (Å²) in [7, 11) is 0. The number of rotatable bonds is 4. The number of hydrogen-bond acceptors (Lipinski definition) is 6. The first-order valence-corrected chi connectivity index (χ1v) is 12.8. The number of carbonyl (C=O) groups is 2. The Morgan fingerprint density at radius 1 is 1.00 bits per heavy atom. The number of hydrogen-bond donors (Lipinski definition) is 1. The van der Waals surface area contributed by atoms with Crippen LogP contribution in [0, 0.1) is 0 Å². The van der Waals surface area contributed by atoms with Crippen molar-refractivity contribution in [3.63, 3.8) is 0 Å². The fourth-order valence-corrected chi connectivity index (χ4v) is 6.16. The van der Waals surface area contributed by atoms with E-state index < -0.39 is 5.60 Å². The summed E-state index contributed by atoms with van der Waals surface area (Å²) in [5.41, 5.74) is -0.700. The van der Waals surface area contributed by atoms with Crippen molar-refractivity contribution in [3.05, 3.63) is 33.8 Å². The van der Waals surface area contributed by atoms with Crippen LogP contribution in [0.25, 0.3) is 0 Å². The van der Waals surface area contributed by atoms with Crippen molar-refractivity contribution in [3.8, 4) is 0 Å². The molecule has 0 spiro atoms. The molecule has 0 aromatic heterocycles. The second kappa shape index (κ2) is 9.91. The fourth-order valence-electron chi connectivity index (χ4n) is 5.84. The molecule has 8 nitrogen and oxygen atoms in total. The predicted octanol–water partition coefficient (Wildman–Crippen LogP) is 1.59. The first kappa shape index (κ1) is 24.3. The minimum Gasteiger partial charge on any atom is -0.378 e. The van der Waals surface area contributed by atoms with E-state index in [2.05, 4.69) is 4.90 Å². The number of carbonyl (C=O) groups excluding carboxylic acids is 2. The van der Waals surface area contributed by atoms with Gasteiger partial charge in [-0.05, 0) is 43.6 Å². The molecule has 2 amide bonds. The van der Waals surface area contributed by atoms with Crippen LogP contribution in [-0.4, -0.2) is 108 Å². The van der Waals surface area contributed by atoms with Gasteiger partial charge in [0.15, 0.2) is 5.60 Å². The quantitative estimate of drug-likeness (QED) is 0.660. The number of nitrogens with zero attached hydrogens (tertiary/aromatic N) is 3. The van der Waals surface area contributed by atoms with E-state index in [0.717, 1.165) is 31.5 Å². The SMILES string of the molecule is O=C(Cc1ccc(Cl)c(Cl)c1)N1CCN(C(=O)C2(O)CCOC2)C2COC[C@H](N3CCCC3)[C@H]21. The van der Waals surface area contributed by atoms with Gasteiger partial charge in [0.1, 0.15) is 0 Å². The molecular formula is C24H31Cl2N3O5. The molecule has 1 aromatic rings. The maximum absolute atomic E-state index is 13.6. The van der Waals surface area contributed by atoms with Gasteiger partial charge in [0.05, 0.1) is 61.0 Å². The number of benzene rings is 1. The van der Waals surface area contributed by atoms with Crippen LogP contribution in [-0.2, 0) is 25.5 Å². The van der Waals surface area contributed by atoms with Gasteiger partial charge in [-0.2, -0.15) is 0 Å². The molecule has 0 aliphatic carbocycles. The molecule has 4 saturated heterocycles. The van der Waals surface area contributed by atoms with E-state index in [1.54, 1.807) is 17.0 Å². The number of amides is 2. The third kappa shape index (κ3) is 4.56. The van der Waals surface area contributed by atoms with E-state index in [4.69, 9.17) is 32.7 Å². The molecule has 0 radical (unpaired) electrons. The molecule has 2 unspecified atom stereocenters. The van der Waals surface area contributed by atoms with Crippen LogP contribution in [0.15, 0.2) is 18.2 Å². The maximum atomic E-state index is 13.6. The summed E-state index contributed by atoms with van der Waals surface area (Å²) in [5.74, 6) is -0.322. The number of piperazine rings is 1. The zero-order chi connectivity index (χ0) is 23.9. The summed E-state index contributed by atoms with van der Waals surface area (Å²) >= 11 is 12.2. The summed E-state index contributed by atoms with van der Waals surface area (Å²) in [6.07, 6.45) is 2.73. The summed E-state index contributed by atoms with van der Waals surface area (Å²) in [5, 5.41) is 11.8. The summed E-state index contributed by atoms with van der Waals surface area (Å²) < 4.78 is 11.3. The zero-order valence-corrected chi connectivity index (χ0v) is 20.6. The molecule has 1 N–H and O–H groups in total. The Morgan fingerprint density at radius 3 is 2.44 bits per heavy atom. The van der Waals surface area contributed by atoms with Crippen molar-refractivity contribution >= 4 is 35.0 Å². The lowest BCUT2D eigenvalue weighted by atomic mass is 9.89. The predicted molar refractivity (Wildman–Crippen MR) is 127 cm³/mol. The molecule has 1 aromatic carbocycles. The van der Waals surface area contributed by atoms with Gasteiger partial charge in [0.2, 0.25) is 5.91 Å². The highest BCUT2D eigenvalue weighted by Crippen LogP contribution is 2.33. The Kier molecular flexibility index (Phi) is 7.08. The number of likely N-dealkylation sites (tertiary alicyclic amines) is 1. The van der Waals surface area contributed by atoms with Crippen LogP contribution in [0.4, 0.5) is 0 Å². The highest BCUT2D eigenvalue weighted by atomic mass is 35.5. The van der Waals surface area contributed by atoms with Crippen molar-refractivity contribution < 1.29 is 24.2 Å². The van der Waals surface area contributed by atoms with Gasteiger partial charge in [-0.1, -0.05) is 29.3 Å². The summed E-state index contributed by atoms with van der Waals surface area (Å²) in [4.78, 5) is 33.1. The molecule has 10 heteroatoms. The lowest BCUT2D eigenvalue weighted by Gasteiger charge is -2.54. The standard InChI is InChI=1S/C24H31Cl2N3O5/c25-17-4-3-16(11-18(17)26)12-21(30)29-9-8-28(23(31)24(32)5-10-33-15-24)20-14-34-13-19(22(20)29)27-6-1-2-7-27/h3-4,11,19-20,22,32H,1-2,5-10,12-15H2/t19-,20?,22+,24?/m0/s1. The number of halogens is 2. The Hall–Kier alpha value is -1.42. The van der Waals surface area contributed by atoms with E-state index in [1.807, 2.05) is 11.0 Å². The van der Waals surface area contributed by atoms with E-state index in [-0.39, 0.29) is 49.4 Å². The molecular weight excluding hydrogens is 481 g/mol. The van der Waals surface area contributed by atoms with E-state index >= 15 is 0 Å². The van der Waals surface area contributed by atoms with Gasteiger partial charge < -0.3 is 24.4 Å². The van der Waals surface area contributed by atoms with Gasteiger partial charge in [-0.3, -0.25) is 14.5 Å². The summed E-state index contributed by atoms with van der Waals surface area (Å²) in [6.45, 7) is 3.91. The van der Waals surface area contributed by atoms with Crippen molar-refractivity contribution in [1.29, 1.82) is 0 Å². The third-order valence-electron chi connectivity index (χ3n) is 7.64. The lowest BCUT2D eigenvalue weighted by Crippen LogP contribution is -2.73. The second-order valence-corrected chi connectivity index (χ2v) is 10.6. The van der Waals surface area contributed by atoms with Crippen molar-refractivity contribution in [1.82, 2.24) is 14.7 Å². The largest absolute Gasteiger partial charge is 0.378 e. The van der Waals surface area contributed by atoms with Gasteiger partial charge in [0, 0.05) is 19.5 Å². The summed E-state index contributed by atoms with van der Waals surface area (Å²) in [6, 6.07) is 4.74. The lowest BCUT2D eigenvalue weighted by molar-refractivity contribution is -0.174. The molecule has 4 aliphatic heterocycles. The molecule has 4 heterocycles. The first-order valence-electron chi connectivity index (χ1n) is 12.0. The van der Waals surface area contributed by atoms with E-state index in [0.29, 0.717) is 43.0 Å². The smallest absolute Gasteiger partial charge is 0.257 e. The van der Waals surface area contributed by atoms with Crippen LogP contribution in [0.5, 0.6) is 0 Å². The minimum atomic E-state index is -1.50. The fraction of sp³-hybridized carbons (Fsp3) is 0.667. The van der Waals surface area contributed by atoms with Crippen LogP contribution >= 0.6 is 23.2 Å². The molecule has 4 fully saturated rings. The average Bonchev–Trinajstić information content (AvgIpc) is 3.53. The van der Waals surface area contributed by atoms with Crippen molar-refractivity contribution in [2.24, 2.45) is 0 Å². The Morgan fingerprint density at radius 2 is 1.74 bits per heavy atom. The Balaban J connectivity index is 1.41. The zero-order valence-electron chi connectivity index (χ0n) is 19.1. The molecule has 4 aliphatic rings. The Bertz CT molecular complexity index is 935. The normalized spacial score (nSPS) is 32.1. The number of aliphatic hydroxyl groups is 1. The van der Waals surface area contributed by atoms with Crippen molar-refractivity contribution in [2.45, 2.75) is 49.4 Å². The maximum Gasteiger partial charge on any atom is 0.257 e. The molecule has 34 heavy (non-hydrogen) atoms. The average molecular weight is 512 g/mol. The first-order chi connectivity index (χ1) is 16.4. The van der Waals surface area contributed by atoms with Gasteiger partial charge in [-0.25, -0.2) is 0 Å². The van der Waals surface area contributed by atoms with E-state index in [9.17, 15) is 14.7 Å². The molecule has 4 atom stereocenters. The Labute approximate surface area is 209 Å². The minimum absolute atomic E-state index is 0.00377. The van der Waals surface area contributed by atoms with Crippen LogP contribution in [0.1, 0.15) is 24.8 Å². The van der Waals surface area contributed by atoms with E-state index in [1.165, 1.54) is 0 Å². The van der Waals surface area contributed by atoms with Gasteiger partial charge >= 0.3 is 0 Å². The molecule has 0 bridgehead atoms. The third-order valence-corrected chi connectivity index (χ3v) is 8.38. The highest BCUT2D eigenvalue weighted by Gasteiger charge is 2.53. The van der Waals surface area contributed by atoms with Crippen molar-refractivity contribution in [2.75, 3.05) is 52.6 Å². The number of ether oxygens (including phenoxy) is 2. The van der Waals surface area contributed by atoms with Gasteiger partial charge in [0.25, 0.3) is 5.91 Å². The molecule has 5 rings (SSSR count). The highest BCUT2D eigenvalue weighted by molar-refractivity contribution is 6.42. The second-order valence-electron chi connectivity index (χ2n) is 9.75.